The standard InChI is InChI=1S/C19H16FNO3/c1-3-14-9-10-15(12-16(14)20)18(22)21(2)17(19(23)24)11-13-7-5-4-6-8-13/h1,4-10,12,17H,11H2,2H3,(H,23,24)/t17-/m0/s1. The van der Waals surface area contributed by atoms with Gasteiger partial charge in [-0.3, -0.25) is 4.79 Å². The van der Waals surface area contributed by atoms with Gasteiger partial charge >= 0.3 is 5.97 Å². The molecule has 4 nitrogen and oxygen atoms in total. The lowest BCUT2D eigenvalue weighted by Gasteiger charge is -2.25. The lowest BCUT2D eigenvalue weighted by atomic mass is 10.0. The average molecular weight is 325 g/mol. The van der Waals surface area contributed by atoms with Crippen molar-refractivity contribution >= 4 is 11.9 Å². The van der Waals surface area contributed by atoms with Crippen LogP contribution in [0.5, 0.6) is 0 Å². The van der Waals surface area contributed by atoms with Crippen LogP contribution in [0.15, 0.2) is 48.5 Å². The van der Waals surface area contributed by atoms with Crippen molar-refractivity contribution in [2.45, 2.75) is 12.5 Å². The van der Waals surface area contributed by atoms with Crippen molar-refractivity contribution in [1.82, 2.24) is 4.90 Å². The number of nitrogens with zero attached hydrogens (tertiary/aromatic N) is 1. The van der Waals surface area contributed by atoms with Gasteiger partial charge in [-0.15, -0.1) is 6.42 Å². The van der Waals surface area contributed by atoms with Crippen LogP contribution in [0, 0.1) is 18.2 Å². The van der Waals surface area contributed by atoms with Crippen molar-refractivity contribution in [3.05, 3.63) is 71.0 Å². The molecule has 2 rings (SSSR count). The van der Waals surface area contributed by atoms with Gasteiger partial charge in [0.2, 0.25) is 0 Å². The fourth-order valence-corrected chi connectivity index (χ4v) is 2.34. The van der Waals surface area contributed by atoms with E-state index < -0.39 is 23.7 Å². The molecular formula is C19H16FNO3. The van der Waals surface area contributed by atoms with Gasteiger partial charge in [0.05, 0.1) is 5.56 Å². The Kier molecular flexibility index (Phi) is 5.33. The minimum Gasteiger partial charge on any atom is -0.480 e. The zero-order valence-corrected chi connectivity index (χ0v) is 13.1. The molecule has 0 saturated heterocycles. The Morgan fingerprint density at radius 1 is 1.25 bits per heavy atom. The van der Waals surface area contributed by atoms with Crippen LogP contribution >= 0.6 is 0 Å². The largest absolute Gasteiger partial charge is 0.480 e. The molecule has 1 N–H and O–H groups in total. The van der Waals surface area contributed by atoms with Gasteiger partial charge < -0.3 is 10.0 Å². The molecule has 0 spiro atoms. The maximum Gasteiger partial charge on any atom is 0.326 e. The fraction of sp³-hybridized carbons (Fsp3) is 0.158. The summed E-state index contributed by atoms with van der Waals surface area (Å²) in [7, 11) is 1.39. The van der Waals surface area contributed by atoms with E-state index in [0.717, 1.165) is 16.5 Å². The first-order valence-corrected chi connectivity index (χ1v) is 7.24. The topological polar surface area (TPSA) is 57.6 Å². The summed E-state index contributed by atoms with van der Waals surface area (Å²) in [5.74, 6) is -0.230. The first kappa shape index (κ1) is 17.2. The van der Waals surface area contributed by atoms with Crippen molar-refractivity contribution in [1.29, 1.82) is 0 Å². The van der Waals surface area contributed by atoms with Crippen LogP contribution in [0.3, 0.4) is 0 Å². The number of carboxylic acid groups (broad SMARTS) is 1. The van der Waals surface area contributed by atoms with Crippen LogP contribution in [0.1, 0.15) is 21.5 Å². The molecule has 0 heterocycles. The Labute approximate surface area is 139 Å². The van der Waals surface area contributed by atoms with E-state index in [1.165, 1.54) is 19.2 Å². The normalized spacial score (nSPS) is 11.4. The minimum absolute atomic E-state index is 0.0493. The van der Waals surface area contributed by atoms with Crippen LogP contribution in [-0.4, -0.2) is 35.0 Å². The highest BCUT2D eigenvalue weighted by molar-refractivity contribution is 5.96. The van der Waals surface area contributed by atoms with Crippen LogP contribution in [0.25, 0.3) is 0 Å². The number of benzene rings is 2. The minimum atomic E-state index is -1.13. The number of aliphatic carboxylic acids is 1. The maximum atomic E-state index is 13.8. The third-order valence-electron chi connectivity index (χ3n) is 3.72. The number of carbonyl (C=O) groups is 2. The van der Waals surface area contributed by atoms with Crippen molar-refractivity contribution in [3.63, 3.8) is 0 Å². The van der Waals surface area contributed by atoms with Crippen LogP contribution in [-0.2, 0) is 11.2 Å². The van der Waals surface area contributed by atoms with Crippen LogP contribution in [0.4, 0.5) is 4.39 Å². The Bertz CT molecular complexity index is 796. The molecule has 0 unspecified atom stereocenters. The first-order valence-electron chi connectivity index (χ1n) is 7.24. The molecule has 0 aliphatic carbocycles. The SMILES string of the molecule is C#Cc1ccc(C(=O)N(C)[C@@H](Cc2ccccc2)C(=O)O)cc1F. The molecule has 5 heteroatoms. The summed E-state index contributed by atoms with van der Waals surface area (Å²) in [6.07, 6.45) is 5.30. The first-order chi connectivity index (χ1) is 11.4. The number of hydrogen-bond acceptors (Lipinski definition) is 2. The van der Waals surface area contributed by atoms with Crippen molar-refractivity contribution in [3.8, 4) is 12.3 Å². The number of amides is 1. The molecule has 1 atom stereocenters. The number of rotatable bonds is 5. The van der Waals surface area contributed by atoms with Crippen LogP contribution in [0.2, 0.25) is 0 Å². The third-order valence-corrected chi connectivity index (χ3v) is 3.72. The third kappa shape index (κ3) is 3.79. The predicted octanol–water partition coefficient (Wildman–Crippen LogP) is 2.57. The lowest BCUT2D eigenvalue weighted by molar-refractivity contribution is -0.141. The van der Waals surface area contributed by atoms with Gasteiger partial charge in [-0.2, -0.15) is 0 Å². The Morgan fingerprint density at radius 3 is 2.46 bits per heavy atom. The number of carbonyl (C=O) groups excluding carboxylic acids is 1. The second kappa shape index (κ2) is 7.42. The highest BCUT2D eigenvalue weighted by atomic mass is 19.1. The fourth-order valence-electron chi connectivity index (χ4n) is 2.34. The molecule has 24 heavy (non-hydrogen) atoms. The van der Waals surface area contributed by atoms with E-state index >= 15 is 0 Å². The molecule has 0 aliphatic rings. The Balaban J connectivity index is 2.24. The molecule has 1 amide bonds. The summed E-state index contributed by atoms with van der Waals surface area (Å²) >= 11 is 0. The van der Waals surface area contributed by atoms with Gasteiger partial charge in [0.25, 0.3) is 5.91 Å². The number of likely N-dealkylation sites (N-methyl/N-ethyl adjacent to an activating group) is 1. The number of carboxylic acids is 1. The van der Waals surface area contributed by atoms with E-state index in [-0.39, 0.29) is 17.5 Å². The number of halogens is 1. The number of terminal acetylenes is 1. The predicted molar refractivity (Wildman–Crippen MR) is 88.0 cm³/mol. The zero-order chi connectivity index (χ0) is 17.7. The summed E-state index contributed by atoms with van der Waals surface area (Å²) in [5, 5.41) is 9.44. The molecule has 2 aromatic rings. The zero-order valence-electron chi connectivity index (χ0n) is 13.1. The van der Waals surface area contributed by atoms with E-state index in [0.29, 0.717) is 0 Å². The molecule has 0 bridgehead atoms. The summed E-state index contributed by atoms with van der Waals surface area (Å²) in [6, 6.07) is 11.7. The lowest BCUT2D eigenvalue weighted by Crippen LogP contribution is -2.43. The molecule has 2 aromatic carbocycles. The smallest absolute Gasteiger partial charge is 0.326 e. The van der Waals surface area contributed by atoms with Crippen molar-refractivity contribution in [2.75, 3.05) is 7.05 Å². The van der Waals surface area contributed by atoms with Gasteiger partial charge in [0.1, 0.15) is 11.9 Å². The molecule has 0 aromatic heterocycles. The van der Waals surface area contributed by atoms with E-state index in [1.807, 2.05) is 6.07 Å². The van der Waals surface area contributed by atoms with Crippen LogP contribution < -0.4 is 0 Å². The molecule has 0 aliphatic heterocycles. The maximum absolute atomic E-state index is 13.8. The van der Waals surface area contributed by atoms with Gasteiger partial charge in [-0.05, 0) is 23.8 Å². The highest BCUT2D eigenvalue weighted by Crippen LogP contribution is 2.15. The molecule has 0 radical (unpaired) electrons. The van der Waals surface area contributed by atoms with Gasteiger partial charge in [-0.1, -0.05) is 36.3 Å². The van der Waals surface area contributed by atoms with E-state index in [4.69, 9.17) is 6.42 Å². The summed E-state index contributed by atoms with van der Waals surface area (Å²) in [4.78, 5) is 25.1. The van der Waals surface area contributed by atoms with Gasteiger partial charge in [0, 0.05) is 19.0 Å². The average Bonchev–Trinajstić information content (AvgIpc) is 2.59. The second-order valence-electron chi connectivity index (χ2n) is 5.30. The van der Waals surface area contributed by atoms with E-state index in [9.17, 15) is 19.1 Å². The monoisotopic (exact) mass is 325 g/mol. The van der Waals surface area contributed by atoms with Gasteiger partial charge in [-0.25, -0.2) is 9.18 Å². The van der Waals surface area contributed by atoms with E-state index in [1.54, 1.807) is 24.3 Å². The molecule has 0 saturated carbocycles. The van der Waals surface area contributed by atoms with Crippen molar-refractivity contribution in [2.24, 2.45) is 0 Å². The summed E-state index contributed by atoms with van der Waals surface area (Å²) < 4.78 is 13.8. The molecular weight excluding hydrogens is 309 g/mol. The molecule has 0 fully saturated rings. The van der Waals surface area contributed by atoms with Crippen molar-refractivity contribution < 1.29 is 19.1 Å². The Morgan fingerprint density at radius 2 is 1.92 bits per heavy atom. The van der Waals surface area contributed by atoms with Gasteiger partial charge in [0.15, 0.2) is 0 Å². The van der Waals surface area contributed by atoms with E-state index in [2.05, 4.69) is 5.92 Å². The summed E-state index contributed by atoms with van der Waals surface area (Å²) in [5.41, 5.74) is 0.889. The molecule has 122 valence electrons. The quantitative estimate of drug-likeness (QED) is 0.860. The highest BCUT2D eigenvalue weighted by Gasteiger charge is 2.27. The Hall–Kier alpha value is -3.13. The number of hydrogen-bond donors (Lipinski definition) is 1. The second-order valence-corrected chi connectivity index (χ2v) is 5.30. The summed E-state index contributed by atoms with van der Waals surface area (Å²) in [6.45, 7) is 0.